The number of carbonyl (C=O) groups excluding carboxylic acids is 3. The Morgan fingerprint density at radius 1 is 0.923 bits per heavy atom. The number of rotatable bonds is 15. The van der Waals surface area contributed by atoms with Crippen molar-refractivity contribution in [3.05, 3.63) is 35.9 Å². The van der Waals surface area contributed by atoms with Crippen molar-refractivity contribution in [3.63, 3.8) is 0 Å². The van der Waals surface area contributed by atoms with Crippen LogP contribution in [0.2, 0.25) is 0 Å². The van der Waals surface area contributed by atoms with Gasteiger partial charge in [0.05, 0.1) is 11.8 Å². The molecule has 1 aromatic rings. The van der Waals surface area contributed by atoms with E-state index in [0.29, 0.717) is 25.8 Å². The summed E-state index contributed by atoms with van der Waals surface area (Å²) in [6, 6.07) is 9.68. The number of unbranched alkanes of at least 4 members (excludes halogenated alkanes) is 4. The maximum atomic E-state index is 14.1. The zero-order valence-corrected chi connectivity index (χ0v) is 23.8. The normalized spacial score (nSPS) is 19.7. The van der Waals surface area contributed by atoms with Crippen LogP contribution in [0.1, 0.15) is 109 Å². The Kier molecular flexibility index (Phi) is 13.8. The van der Waals surface area contributed by atoms with Gasteiger partial charge in [0.2, 0.25) is 17.7 Å². The molecule has 2 fully saturated rings. The second-order valence-electron chi connectivity index (χ2n) is 11.4. The van der Waals surface area contributed by atoms with E-state index in [0.717, 1.165) is 77.0 Å². The van der Waals surface area contributed by atoms with Crippen LogP contribution in [0.25, 0.3) is 0 Å². The van der Waals surface area contributed by atoms with Crippen LogP contribution >= 0.6 is 0 Å². The second kappa shape index (κ2) is 17.3. The largest absolute Gasteiger partial charge is 0.352 e. The van der Waals surface area contributed by atoms with Crippen LogP contribution < -0.4 is 16.2 Å². The quantitative estimate of drug-likeness (QED) is 0.141. The predicted molar refractivity (Wildman–Crippen MR) is 153 cm³/mol. The average Bonchev–Trinajstić information content (AvgIpc) is 2.98. The van der Waals surface area contributed by atoms with Gasteiger partial charge in [0.15, 0.2) is 0 Å². The van der Waals surface area contributed by atoms with Gasteiger partial charge in [-0.2, -0.15) is 0 Å². The molecule has 0 bridgehead atoms. The van der Waals surface area contributed by atoms with Crippen LogP contribution in [-0.4, -0.2) is 46.6 Å². The van der Waals surface area contributed by atoms with E-state index in [4.69, 9.17) is 0 Å². The highest BCUT2D eigenvalue weighted by molar-refractivity contribution is 5.91. The second-order valence-corrected chi connectivity index (χ2v) is 11.4. The third-order valence-electron chi connectivity index (χ3n) is 8.43. The smallest absolute Gasteiger partial charge is 0.247 e. The Morgan fingerprint density at radius 3 is 2.36 bits per heavy atom. The fourth-order valence-corrected chi connectivity index (χ4v) is 6.17. The lowest BCUT2D eigenvalue weighted by atomic mass is 9.82. The fraction of sp³-hybridized carbons (Fsp3) is 0.710. The molecule has 1 aliphatic carbocycles. The number of nitrogens with one attached hydrogen (secondary N) is 3. The summed E-state index contributed by atoms with van der Waals surface area (Å²) in [6.07, 6.45) is 14.6. The van der Waals surface area contributed by atoms with E-state index in [2.05, 4.69) is 29.8 Å². The van der Waals surface area contributed by atoms with Crippen LogP contribution in [0, 0.1) is 11.8 Å². The van der Waals surface area contributed by atoms with E-state index in [1.54, 1.807) is 0 Å². The topological polar surface area (TPSA) is 111 Å². The molecule has 0 spiro atoms. The highest BCUT2D eigenvalue weighted by Gasteiger charge is 2.41. The molecule has 3 atom stereocenters. The van der Waals surface area contributed by atoms with Gasteiger partial charge in [0, 0.05) is 12.6 Å². The van der Waals surface area contributed by atoms with Gasteiger partial charge < -0.3 is 5.32 Å². The number of nitrogens with zero attached hydrogens (tertiary/aromatic N) is 1. The van der Waals surface area contributed by atoms with Crippen molar-refractivity contribution < 1.29 is 19.6 Å². The lowest BCUT2D eigenvalue weighted by molar-refractivity contribution is -0.155. The van der Waals surface area contributed by atoms with Crippen molar-refractivity contribution in [1.29, 1.82) is 0 Å². The molecule has 2 aliphatic rings. The van der Waals surface area contributed by atoms with E-state index in [1.807, 2.05) is 23.7 Å². The summed E-state index contributed by atoms with van der Waals surface area (Å²) in [6.45, 7) is 2.79. The Hall–Kier alpha value is -2.45. The number of hydrogen-bond acceptors (Lipinski definition) is 5. The van der Waals surface area contributed by atoms with Crippen LogP contribution in [0.3, 0.4) is 0 Å². The Bertz CT molecular complexity index is 875. The van der Waals surface area contributed by atoms with Gasteiger partial charge in [-0.25, -0.2) is 10.9 Å². The maximum absolute atomic E-state index is 14.1. The van der Waals surface area contributed by atoms with Gasteiger partial charge in [0.25, 0.3) is 0 Å². The predicted octanol–water partition coefficient (Wildman–Crippen LogP) is 5.05. The molecule has 0 radical (unpaired) electrons. The molecule has 0 aromatic heterocycles. The molecule has 3 amide bonds. The Morgan fingerprint density at radius 2 is 1.64 bits per heavy atom. The first kappa shape index (κ1) is 31.1. The molecule has 39 heavy (non-hydrogen) atoms. The van der Waals surface area contributed by atoms with E-state index < -0.39 is 23.8 Å². The number of amides is 3. The summed E-state index contributed by atoms with van der Waals surface area (Å²) in [5.41, 5.74) is 6.22. The number of carbonyl (C=O) groups is 3. The summed E-state index contributed by atoms with van der Waals surface area (Å²) in [7, 11) is 0. The first-order valence-corrected chi connectivity index (χ1v) is 15.4. The van der Waals surface area contributed by atoms with Gasteiger partial charge in [0.1, 0.15) is 6.04 Å². The number of benzene rings is 1. The van der Waals surface area contributed by atoms with E-state index >= 15 is 0 Å². The zero-order chi connectivity index (χ0) is 27.9. The zero-order valence-electron chi connectivity index (χ0n) is 23.8. The van der Waals surface area contributed by atoms with E-state index in [-0.39, 0.29) is 17.9 Å². The number of hydroxylamine groups is 1. The van der Waals surface area contributed by atoms with E-state index in [1.165, 1.54) is 17.0 Å². The van der Waals surface area contributed by atoms with Gasteiger partial charge in [-0.05, 0) is 56.9 Å². The first-order chi connectivity index (χ1) is 19.0. The van der Waals surface area contributed by atoms with Gasteiger partial charge in [-0.15, -0.1) is 0 Å². The first-order valence-electron chi connectivity index (χ1n) is 15.4. The molecule has 1 aromatic carbocycles. The third-order valence-corrected chi connectivity index (χ3v) is 8.43. The molecule has 4 N–H and O–H groups in total. The molecule has 8 nitrogen and oxygen atoms in total. The number of aryl methyl sites for hydroxylation is 1. The molecule has 1 aliphatic heterocycles. The monoisotopic (exact) mass is 542 g/mol. The summed E-state index contributed by atoms with van der Waals surface area (Å²) < 4.78 is 0. The highest BCUT2D eigenvalue weighted by Crippen LogP contribution is 2.29. The summed E-state index contributed by atoms with van der Waals surface area (Å²) in [5.74, 6) is -2.10. The van der Waals surface area contributed by atoms with Crippen LogP contribution in [0.5, 0.6) is 0 Å². The van der Waals surface area contributed by atoms with Crippen molar-refractivity contribution in [1.82, 2.24) is 21.2 Å². The van der Waals surface area contributed by atoms with Crippen LogP contribution in [-0.2, 0) is 20.8 Å². The standard InChI is InChI=1S/C31H50N4O4/c1-2-3-4-5-12-20-27(26(29(36)34-39)21-13-17-24-15-8-6-9-16-24)31(38)35-28(22-14-23-32-35)30(37)33-25-18-10-7-11-19-25/h6,8-9,15-16,25-28,32,39H,2-5,7,10-14,17-23H2,1H3,(H,33,37)(H,34,36)/t26-,27+,28-/m0/s1. The molecule has 8 heteroatoms. The van der Waals surface area contributed by atoms with Crippen molar-refractivity contribution in [2.75, 3.05) is 6.54 Å². The minimum absolute atomic E-state index is 0.101. The Balaban J connectivity index is 1.74. The summed E-state index contributed by atoms with van der Waals surface area (Å²) in [4.78, 5) is 40.5. The average molecular weight is 543 g/mol. The van der Waals surface area contributed by atoms with Gasteiger partial charge in [-0.3, -0.25) is 24.6 Å². The summed E-state index contributed by atoms with van der Waals surface area (Å²) in [5, 5.41) is 14.3. The number of hydrogen-bond donors (Lipinski definition) is 4. The molecule has 218 valence electrons. The lowest BCUT2D eigenvalue weighted by Gasteiger charge is -2.39. The molecular formula is C31H50N4O4. The van der Waals surface area contributed by atoms with Gasteiger partial charge >= 0.3 is 0 Å². The highest BCUT2D eigenvalue weighted by atomic mass is 16.5. The van der Waals surface area contributed by atoms with Crippen LogP contribution in [0.15, 0.2) is 30.3 Å². The van der Waals surface area contributed by atoms with E-state index in [9.17, 15) is 19.6 Å². The van der Waals surface area contributed by atoms with Gasteiger partial charge in [-0.1, -0.05) is 88.6 Å². The maximum Gasteiger partial charge on any atom is 0.247 e. The van der Waals surface area contributed by atoms with Crippen molar-refractivity contribution >= 4 is 17.7 Å². The molecule has 1 saturated heterocycles. The van der Waals surface area contributed by atoms with Crippen LogP contribution in [0.4, 0.5) is 0 Å². The Labute approximate surface area is 234 Å². The molecule has 0 unspecified atom stereocenters. The fourth-order valence-electron chi connectivity index (χ4n) is 6.17. The number of hydrazine groups is 1. The lowest BCUT2D eigenvalue weighted by Crippen LogP contribution is -2.61. The minimum Gasteiger partial charge on any atom is -0.352 e. The molecular weight excluding hydrogens is 492 g/mol. The SMILES string of the molecule is CCCCCCC[C@@H](C(=O)N1NCCC[C@H]1C(=O)NC1CCCCC1)[C@H](CCCc1ccccc1)C(=O)NO. The molecule has 1 saturated carbocycles. The summed E-state index contributed by atoms with van der Waals surface area (Å²) >= 11 is 0. The third kappa shape index (κ3) is 9.91. The van der Waals surface area contributed by atoms with Crippen molar-refractivity contribution in [2.45, 2.75) is 122 Å². The van der Waals surface area contributed by atoms with Crippen molar-refractivity contribution in [3.8, 4) is 0 Å². The molecule has 1 heterocycles. The van der Waals surface area contributed by atoms with Crippen molar-refractivity contribution in [2.24, 2.45) is 11.8 Å². The molecule has 3 rings (SSSR count). The minimum atomic E-state index is -0.664.